The van der Waals surface area contributed by atoms with E-state index in [1.54, 1.807) is 0 Å². The lowest BCUT2D eigenvalue weighted by Crippen LogP contribution is -2.57. The number of amides is 1. The van der Waals surface area contributed by atoms with Gasteiger partial charge in [0.15, 0.2) is 0 Å². The molecule has 1 fully saturated rings. The molecule has 1 saturated heterocycles. The van der Waals surface area contributed by atoms with Gasteiger partial charge < -0.3 is 16.0 Å². The topological polar surface area (TPSA) is 53.2 Å². The Balaban J connectivity index is 1.94. The van der Waals surface area contributed by atoms with E-state index in [1.165, 1.54) is 0 Å². The first-order valence-corrected chi connectivity index (χ1v) is 4.53. The van der Waals surface area contributed by atoms with E-state index in [4.69, 9.17) is 0 Å². The fourth-order valence-electron chi connectivity index (χ4n) is 0.997. The molecule has 0 bridgehead atoms. The lowest BCUT2D eigenvalue weighted by molar-refractivity contribution is -0.120. The average molecular weight is 171 g/mol. The largest absolute Gasteiger partial charge is 0.355 e. The third kappa shape index (κ3) is 3.19. The zero-order valence-electron chi connectivity index (χ0n) is 7.52. The molecule has 4 heteroatoms. The van der Waals surface area contributed by atoms with Crippen molar-refractivity contribution in [2.24, 2.45) is 0 Å². The van der Waals surface area contributed by atoms with Gasteiger partial charge in [-0.1, -0.05) is 6.92 Å². The Bertz CT molecular complexity index is 145. The predicted molar refractivity (Wildman–Crippen MR) is 48.0 cm³/mol. The van der Waals surface area contributed by atoms with Crippen LogP contribution in [0.15, 0.2) is 0 Å². The first kappa shape index (κ1) is 9.48. The molecule has 0 atom stereocenters. The highest BCUT2D eigenvalue weighted by atomic mass is 16.1. The van der Waals surface area contributed by atoms with Gasteiger partial charge in [-0.15, -0.1) is 0 Å². The highest BCUT2D eigenvalue weighted by Gasteiger charge is 2.16. The molecule has 0 aromatic rings. The van der Waals surface area contributed by atoms with Crippen molar-refractivity contribution in [1.82, 2.24) is 16.0 Å². The quantitative estimate of drug-likeness (QED) is 0.501. The van der Waals surface area contributed by atoms with Crippen molar-refractivity contribution < 1.29 is 4.79 Å². The van der Waals surface area contributed by atoms with Gasteiger partial charge in [0, 0.05) is 25.7 Å². The summed E-state index contributed by atoms with van der Waals surface area (Å²) in [5.41, 5.74) is 0. The van der Waals surface area contributed by atoms with Gasteiger partial charge in [0.25, 0.3) is 0 Å². The summed E-state index contributed by atoms with van der Waals surface area (Å²) in [6, 6.07) is 0.498. The molecule has 3 N–H and O–H groups in total. The van der Waals surface area contributed by atoms with E-state index in [-0.39, 0.29) is 5.91 Å². The Hall–Kier alpha value is -0.610. The van der Waals surface area contributed by atoms with Gasteiger partial charge in [-0.2, -0.15) is 0 Å². The number of carbonyl (C=O) groups excluding carboxylic acids is 1. The Labute approximate surface area is 73.1 Å². The van der Waals surface area contributed by atoms with Gasteiger partial charge in [0.2, 0.25) is 5.91 Å². The highest BCUT2D eigenvalue weighted by Crippen LogP contribution is 1.88. The molecule has 0 aromatic carbocycles. The van der Waals surface area contributed by atoms with Gasteiger partial charge in [-0.3, -0.25) is 4.79 Å². The molecule has 1 heterocycles. The van der Waals surface area contributed by atoms with Crippen molar-refractivity contribution in [1.29, 1.82) is 0 Å². The van der Waals surface area contributed by atoms with Crippen LogP contribution in [0.5, 0.6) is 0 Å². The smallest absolute Gasteiger partial charge is 0.233 e. The molecule has 1 aliphatic rings. The van der Waals surface area contributed by atoms with E-state index < -0.39 is 0 Å². The second-order valence-corrected chi connectivity index (χ2v) is 3.09. The van der Waals surface area contributed by atoms with E-state index >= 15 is 0 Å². The van der Waals surface area contributed by atoms with Crippen molar-refractivity contribution in [3.05, 3.63) is 0 Å². The van der Waals surface area contributed by atoms with Crippen LogP contribution in [0.1, 0.15) is 13.3 Å². The summed E-state index contributed by atoms with van der Waals surface area (Å²) in [4.78, 5) is 11.1. The number of hydrogen-bond donors (Lipinski definition) is 3. The molecule has 70 valence electrons. The van der Waals surface area contributed by atoms with Crippen LogP contribution in [0, 0.1) is 0 Å². The first-order valence-electron chi connectivity index (χ1n) is 4.53. The van der Waals surface area contributed by atoms with Crippen LogP contribution in [-0.4, -0.2) is 38.1 Å². The van der Waals surface area contributed by atoms with Crippen LogP contribution in [0.2, 0.25) is 0 Å². The maximum atomic E-state index is 11.1. The number of nitrogens with one attached hydrogen (secondary N) is 3. The van der Waals surface area contributed by atoms with Gasteiger partial charge in [0.05, 0.1) is 6.54 Å². The summed E-state index contributed by atoms with van der Waals surface area (Å²) in [7, 11) is 0. The fraction of sp³-hybridized carbons (Fsp3) is 0.875. The van der Waals surface area contributed by atoms with E-state index in [9.17, 15) is 4.79 Å². The molecular weight excluding hydrogens is 154 g/mol. The summed E-state index contributed by atoms with van der Waals surface area (Å²) in [6.07, 6.45) is 0.997. The Morgan fingerprint density at radius 1 is 1.58 bits per heavy atom. The van der Waals surface area contributed by atoms with Crippen molar-refractivity contribution in [3.8, 4) is 0 Å². The standard InChI is InChI=1S/C8H17N3O/c1-2-3-10-8(12)6-11-7-4-9-5-7/h7,9,11H,2-6H2,1H3,(H,10,12). The van der Waals surface area contributed by atoms with Crippen molar-refractivity contribution in [3.63, 3.8) is 0 Å². The molecule has 1 rings (SSSR count). The number of hydrogen-bond acceptors (Lipinski definition) is 3. The normalized spacial score (nSPS) is 17.1. The van der Waals surface area contributed by atoms with Gasteiger partial charge in [0.1, 0.15) is 0 Å². The molecule has 4 nitrogen and oxygen atoms in total. The van der Waals surface area contributed by atoms with E-state index in [1.807, 2.05) is 6.92 Å². The summed E-state index contributed by atoms with van der Waals surface area (Å²) < 4.78 is 0. The third-order valence-corrected chi connectivity index (χ3v) is 1.90. The zero-order chi connectivity index (χ0) is 8.81. The van der Waals surface area contributed by atoms with Crippen LogP contribution in [-0.2, 0) is 4.79 Å². The van der Waals surface area contributed by atoms with E-state index in [2.05, 4.69) is 16.0 Å². The lowest BCUT2D eigenvalue weighted by Gasteiger charge is -2.27. The van der Waals surface area contributed by atoms with Crippen LogP contribution in [0.25, 0.3) is 0 Å². The van der Waals surface area contributed by atoms with Crippen LogP contribution in [0.4, 0.5) is 0 Å². The van der Waals surface area contributed by atoms with Crippen molar-refractivity contribution in [2.75, 3.05) is 26.2 Å². The van der Waals surface area contributed by atoms with Crippen molar-refractivity contribution >= 4 is 5.91 Å². The molecule has 0 aromatic heterocycles. The molecule has 0 aliphatic carbocycles. The van der Waals surface area contributed by atoms with E-state index in [0.29, 0.717) is 12.6 Å². The monoisotopic (exact) mass is 171 g/mol. The maximum Gasteiger partial charge on any atom is 0.233 e. The molecule has 0 saturated carbocycles. The maximum absolute atomic E-state index is 11.1. The van der Waals surface area contributed by atoms with Gasteiger partial charge >= 0.3 is 0 Å². The molecular formula is C8H17N3O. The highest BCUT2D eigenvalue weighted by molar-refractivity contribution is 5.77. The minimum Gasteiger partial charge on any atom is -0.355 e. The van der Waals surface area contributed by atoms with Gasteiger partial charge in [-0.25, -0.2) is 0 Å². The van der Waals surface area contributed by atoms with E-state index in [0.717, 1.165) is 26.1 Å². The van der Waals surface area contributed by atoms with Gasteiger partial charge in [-0.05, 0) is 6.42 Å². The molecule has 1 amide bonds. The predicted octanol–water partition coefficient (Wildman–Crippen LogP) is -0.926. The SMILES string of the molecule is CCCNC(=O)CNC1CNC1. The lowest BCUT2D eigenvalue weighted by atomic mass is 10.2. The average Bonchev–Trinajstić information content (AvgIpc) is 1.98. The Morgan fingerprint density at radius 3 is 2.83 bits per heavy atom. The molecule has 0 spiro atoms. The fourth-order valence-corrected chi connectivity index (χ4v) is 0.997. The van der Waals surface area contributed by atoms with Crippen LogP contribution in [0.3, 0.4) is 0 Å². The zero-order valence-corrected chi connectivity index (χ0v) is 7.52. The summed E-state index contributed by atoms with van der Waals surface area (Å²) in [5.74, 6) is 0.101. The Morgan fingerprint density at radius 2 is 2.33 bits per heavy atom. The molecule has 12 heavy (non-hydrogen) atoms. The third-order valence-electron chi connectivity index (χ3n) is 1.90. The summed E-state index contributed by atoms with van der Waals surface area (Å²) in [6.45, 7) is 5.25. The number of rotatable bonds is 5. The molecule has 0 radical (unpaired) electrons. The Kier molecular flexibility index (Phi) is 4.04. The van der Waals surface area contributed by atoms with Crippen LogP contribution >= 0.6 is 0 Å². The summed E-state index contributed by atoms with van der Waals surface area (Å²) >= 11 is 0. The van der Waals surface area contributed by atoms with Crippen LogP contribution < -0.4 is 16.0 Å². The second-order valence-electron chi connectivity index (χ2n) is 3.09. The minimum atomic E-state index is 0.101. The van der Waals surface area contributed by atoms with Crippen molar-refractivity contribution in [2.45, 2.75) is 19.4 Å². The summed E-state index contributed by atoms with van der Waals surface area (Å²) in [5, 5.41) is 9.10. The second kappa shape index (κ2) is 5.11. The molecule has 0 unspecified atom stereocenters. The minimum absolute atomic E-state index is 0.101. The number of carbonyl (C=O) groups is 1. The first-order chi connectivity index (χ1) is 5.83. The molecule has 1 aliphatic heterocycles.